The fraction of sp³-hybridized carbons (Fsp3) is 0.548. The number of benzene rings is 2. The maximum Gasteiger partial charge on any atom is 0.0483 e. The van der Waals surface area contributed by atoms with E-state index in [4.69, 9.17) is 16.2 Å². The summed E-state index contributed by atoms with van der Waals surface area (Å²) in [4.78, 5) is 0. The molecule has 1 atom stereocenters. The highest BCUT2D eigenvalue weighted by atomic mass is 16.5. The summed E-state index contributed by atoms with van der Waals surface area (Å²) in [5, 5.41) is 5.23. The van der Waals surface area contributed by atoms with Gasteiger partial charge in [0.2, 0.25) is 0 Å². The molecular formula is C31H44N4O. The smallest absolute Gasteiger partial charge is 0.0483 e. The molecule has 1 aromatic heterocycles. The molecule has 2 aliphatic rings. The van der Waals surface area contributed by atoms with E-state index in [2.05, 4.69) is 65.5 Å². The molecule has 2 fully saturated rings. The molecule has 5 N–H and O–H groups in total. The highest BCUT2D eigenvalue weighted by molar-refractivity contribution is 5.86. The van der Waals surface area contributed by atoms with E-state index in [9.17, 15) is 0 Å². The Hall–Kier alpha value is -2.18. The van der Waals surface area contributed by atoms with Gasteiger partial charge in [-0.1, -0.05) is 35.9 Å². The van der Waals surface area contributed by atoms with Crippen LogP contribution in [0.5, 0.6) is 0 Å². The zero-order valence-electron chi connectivity index (χ0n) is 21.9. The molecule has 2 aromatic carbocycles. The highest BCUT2D eigenvalue weighted by Gasteiger charge is 2.24. The van der Waals surface area contributed by atoms with Crippen LogP contribution in [-0.4, -0.2) is 36.4 Å². The van der Waals surface area contributed by atoms with Crippen LogP contribution in [0.3, 0.4) is 0 Å². The lowest BCUT2D eigenvalue weighted by atomic mass is 9.86. The van der Waals surface area contributed by atoms with Crippen LogP contribution >= 0.6 is 0 Å². The summed E-state index contributed by atoms with van der Waals surface area (Å²) in [5.41, 5.74) is 18.9. The predicted octanol–water partition coefficient (Wildman–Crippen LogP) is 5.22. The van der Waals surface area contributed by atoms with Crippen LogP contribution in [-0.2, 0) is 17.8 Å². The second kappa shape index (κ2) is 11.9. The van der Waals surface area contributed by atoms with Crippen LogP contribution in [0.4, 0.5) is 0 Å². The number of aryl methyl sites for hydroxylation is 1. The van der Waals surface area contributed by atoms with E-state index in [0.717, 1.165) is 58.4 Å². The maximum absolute atomic E-state index is 6.14. The van der Waals surface area contributed by atoms with Gasteiger partial charge in [0.15, 0.2) is 0 Å². The minimum atomic E-state index is 0.342. The molecule has 5 rings (SSSR count). The number of aromatic nitrogens is 1. The third kappa shape index (κ3) is 6.03. The van der Waals surface area contributed by atoms with E-state index in [1.54, 1.807) is 0 Å². The van der Waals surface area contributed by atoms with Crippen molar-refractivity contribution in [1.29, 1.82) is 0 Å². The summed E-state index contributed by atoms with van der Waals surface area (Å²) in [6.45, 7) is 6.62. The van der Waals surface area contributed by atoms with Gasteiger partial charge in [0.1, 0.15) is 0 Å². The van der Waals surface area contributed by atoms with Gasteiger partial charge >= 0.3 is 0 Å². The second-order valence-corrected chi connectivity index (χ2v) is 11.2. The monoisotopic (exact) mass is 488 g/mol. The topological polar surface area (TPSA) is 78.2 Å². The van der Waals surface area contributed by atoms with Gasteiger partial charge in [-0.05, 0) is 93.2 Å². The first-order valence-corrected chi connectivity index (χ1v) is 14.1. The minimum Gasteiger partial charge on any atom is -0.381 e. The van der Waals surface area contributed by atoms with Crippen molar-refractivity contribution in [1.82, 2.24) is 9.88 Å². The van der Waals surface area contributed by atoms with Crippen LogP contribution in [0.1, 0.15) is 73.1 Å². The summed E-state index contributed by atoms with van der Waals surface area (Å²) in [7, 11) is 0. The number of hydrogen-bond donors (Lipinski definition) is 3. The number of rotatable bonds is 9. The Balaban J connectivity index is 1.46. The Labute approximate surface area is 216 Å². The Morgan fingerprint density at radius 3 is 2.58 bits per heavy atom. The number of nitrogens with zero attached hydrogens (tertiary/aromatic N) is 1. The summed E-state index contributed by atoms with van der Waals surface area (Å²) < 4.78 is 8.14. The molecule has 0 radical (unpaired) electrons. The first-order chi connectivity index (χ1) is 17.6. The van der Waals surface area contributed by atoms with Gasteiger partial charge in [0.05, 0.1) is 0 Å². The predicted molar refractivity (Wildman–Crippen MR) is 149 cm³/mol. The Kier molecular flexibility index (Phi) is 8.43. The summed E-state index contributed by atoms with van der Waals surface area (Å²) >= 11 is 0. The Morgan fingerprint density at radius 1 is 1.03 bits per heavy atom. The zero-order valence-corrected chi connectivity index (χ0v) is 21.9. The molecule has 194 valence electrons. The lowest BCUT2D eigenvalue weighted by Gasteiger charge is -2.28. The molecular weight excluding hydrogens is 444 g/mol. The molecule has 36 heavy (non-hydrogen) atoms. The van der Waals surface area contributed by atoms with Crippen LogP contribution in [0, 0.1) is 12.8 Å². The molecule has 1 saturated carbocycles. The third-order valence-electron chi connectivity index (χ3n) is 8.47. The lowest BCUT2D eigenvalue weighted by Crippen LogP contribution is -2.38. The maximum atomic E-state index is 6.14. The van der Waals surface area contributed by atoms with Crippen molar-refractivity contribution in [3.8, 4) is 0 Å². The summed E-state index contributed by atoms with van der Waals surface area (Å²) in [6.07, 6.45) is 10.5. The third-order valence-corrected chi connectivity index (χ3v) is 8.47. The van der Waals surface area contributed by atoms with E-state index in [1.165, 1.54) is 46.0 Å². The molecule has 1 aliphatic carbocycles. The summed E-state index contributed by atoms with van der Waals surface area (Å²) in [5.74, 6) is 1.02. The van der Waals surface area contributed by atoms with Gasteiger partial charge in [-0.3, -0.25) is 0 Å². The first kappa shape index (κ1) is 25.5. The normalized spacial score (nSPS) is 22.2. The highest BCUT2D eigenvalue weighted by Crippen LogP contribution is 2.36. The van der Waals surface area contributed by atoms with Crippen molar-refractivity contribution in [2.45, 2.75) is 83.0 Å². The molecule has 0 amide bonds. The average molecular weight is 489 g/mol. The molecule has 0 spiro atoms. The molecule has 0 bridgehead atoms. The molecule has 1 saturated heterocycles. The van der Waals surface area contributed by atoms with Crippen LogP contribution in [0.15, 0.2) is 48.7 Å². The van der Waals surface area contributed by atoms with Crippen LogP contribution < -0.4 is 16.8 Å². The number of hydrogen-bond acceptors (Lipinski definition) is 4. The minimum absolute atomic E-state index is 0.342. The van der Waals surface area contributed by atoms with Crippen molar-refractivity contribution in [2.24, 2.45) is 17.4 Å². The SMILES string of the molecule is Cc1cccc(C(CCN[C@H]2CC[C@@H](N)CC2)c2cn(CC3CCOCC3)c3ccc(CN)cc23)c1. The van der Waals surface area contributed by atoms with Gasteiger partial charge < -0.3 is 26.1 Å². The fourth-order valence-electron chi connectivity index (χ4n) is 6.28. The second-order valence-electron chi connectivity index (χ2n) is 11.2. The number of nitrogens with one attached hydrogen (secondary N) is 1. The quantitative estimate of drug-likeness (QED) is 0.386. The van der Waals surface area contributed by atoms with Crippen molar-refractivity contribution in [2.75, 3.05) is 19.8 Å². The van der Waals surface area contributed by atoms with E-state index in [0.29, 0.717) is 30.5 Å². The Bertz CT molecular complexity index is 1120. The van der Waals surface area contributed by atoms with Gasteiger partial charge in [-0.2, -0.15) is 0 Å². The van der Waals surface area contributed by atoms with E-state index in [1.807, 2.05) is 0 Å². The largest absolute Gasteiger partial charge is 0.381 e. The van der Waals surface area contributed by atoms with Crippen LogP contribution in [0.25, 0.3) is 10.9 Å². The number of nitrogens with two attached hydrogens (primary N) is 2. The van der Waals surface area contributed by atoms with Crippen molar-refractivity contribution < 1.29 is 4.74 Å². The van der Waals surface area contributed by atoms with E-state index < -0.39 is 0 Å². The first-order valence-electron chi connectivity index (χ1n) is 14.1. The van der Waals surface area contributed by atoms with Gasteiger partial charge in [-0.15, -0.1) is 0 Å². The number of fused-ring (bicyclic) bond motifs is 1. The lowest BCUT2D eigenvalue weighted by molar-refractivity contribution is 0.0616. The van der Waals surface area contributed by atoms with Crippen molar-refractivity contribution >= 4 is 10.9 Å². The van der Waals surface area contributed by atoms with E-state index in [-0.39, 0.29) is 0 Å². The average Bonchev–Trinajstić information content (AvgIpc) is 3.25. The zero-order chi connectivity index (χ0) is 24.9. The van der Waals surface area contributed by atoms with Crippen molar-refractivity contribution in [3.63, 3.8) is 0 Å². The fourth-order valence-corrected chi connectivity index (χ4v) is 6.28. The van der Waals surface area contributed by atoms with Gasteiger partial charge in [0.25, 0.3) is 0 Å². The molecule has 5 nitrogen and oxygen atoms in total. The van der Waals surface area contributed by atoms with Gasteiger partial charge in [-0.25, -0.2) is 0 Å². The molecule has 1 aliphatic heterocycles. The molecule has 3 aromatic rings. The Morgan fingerprint density at radius 2 is 1.83 bits per heavy atom. The molecule has 1 unspecified atom stereocenters. The van der Waals surface area contributed by atoms with E-state index >= 15 is 0 Å². The van der Waals surface area contributed by atoms with Crippen molar-refractivity contribution in [3.05, 3.63) is 70.9 Å². The van der Waals surface area contributed by atoms with Crippen LogP contribution in [0.2, 0.25) is 0 Å². The molecule has 5 heteroatoms. The number of ether oxygens (including phenoxy) is 1. The summed E-state index contributed by atoms with van der Waals surface area (Å²) in [6, 6.07) is 16.9. The standard InChI is InChI=1S/C31H44N4O/c1-22-3-2-4-25(17-22)28(11-14-34-27-8-6-26(33)7-9-27)30-21-35(20-23-12-15-36-16-13-23)31-10-5-24(19-32)18-29(30)31/h2-5,10,17-18,21,23,26-28,34H,6-9,11-16,19-20,32-33H2,1H3/t26-,27+,28?. The van der Waals surface area contributed by atoms with Gasteiger partial charge in [0, 0.05) is 61.4 Å². The molecule has 2 heterocycles.